The number of nitrogens with two attached hydrogens (primary N) is 1. The van der Waals surface area contributed by atoms with Gasteiger partial charge in [0, 0.05) is 5.56 Å². The Bertz CT molecular complexity index is 559. The first-order chi connectivity index (χ1) is 8.08. The van der Waals surface area contributed by atoms with Crippen LogP contribution in [0.2, 0.25) is 0 Å². The summed E-state index contributed by atoms with van der Waals surface area (Å²) in [5.74, 6) is 0.230. The third-order valence-electron chi connectivity index (χ3n) is 2.53. The van der Waals surface area contributed by atoms with Gasteiger partial charge in [0.1, 0.15) is 0 Å². The molecule has 1 amide bonds. The molecule has 1 heterocycles. The zero-order valence-corrected chi connectivity index (χ0v) is 9.74. The van der Waals surface area contributed by atoms with Gasteiger partial charge >= 0.3 is 0 Å². The van der Waals surface area contributed by atoms with Gasteiger partial charge in [-0.2, -0.15) is 5.10 Å². The maximum atomic E-state index is 12.0. The average Bonchev–Trinajstić information content (AvgIpc) is 2.64. The first-order valence-electron chi connectivity index (χ1n) is 5.25. The number of carbonyl (C=O) groups is 1. The molecule has 0 aliphatic rings. The van der Waals surface area contributed by atoms with Crippen LogP contribution in [0.4, 0.5) is 11.5 Å². The molecule has 0 atom stereocenters. The van der Waals surface area contributed by atoms with Crippen molar-refractivity contribution in [2.45, 2.75) is 13.8 Å². The molecule has 2 rings (SSSR count). The van der Waals surface area contributed by atoms with Crippen LogP contribution in [0.1, 0.15) is 21.5 Å². The Hall–Kier alpha value is -2.30. The maximum absolute atomic E-state index is 12.0. The zero-order valence-electron chi connectivity index (χ0n) is 9.74. The fourth-order valence-corrected chi connectivity index (χ4v) is 1.64. The van der Waals surface area contributed by atoms with Gasteiger partial charge in [-0.3, -0.25) is 9.89 Å². The average molecular weight is 230 g/mol. The van der Waals surface area contributed by atoms with Gasteiger partial charge in [-0.1, -0.05) is 17.7 Å². The van der Waals surface area contributed by atoms with Gasteiger partial charge in [0.2, 0.25) is 0 Å². The number of nitrogen functional groups attached to an aromatic ring is 1. The molecule has 1 aromatic carbocycles. The number of benzene rings is 1. The van der Waals surface area contributed by atoms with Crippen molar-refractivity contribution in [2.24, 2.45) is 0 Å². The Kier molecular flexibility index (Phi) is 2.82. The number of hydrogen-bond acceptors (Lipinski definition) is 3. The minimum atomic E-state index is -0.196. The van der Waals surface area contributed by atoms with Crippen molar-refractivity contribution in [3.05, 3.63) is 41.1 Å². The maximum Gasteiger partial charge on any atom is 0.257 e. The van der Waals surface area contributed by atoms with Crippen molar-refractivity contribution in [1.82, 2.24) is 10.2 Å². The Morgan fingerprint density at radius 1 is 1.41 bits per heavy atom. The van der Waals surface area contributed by atoms with Crippen LogP contribution >= 0.6 is 0 Å². The summed E-state index contributed by atoms with van der Waals surface area (Å²) < 4.78 is 0. The van der Waals surface area contributed by atoms with E-state index >= 15 is 0 Å². The van der Waals surface area contributed by atoms with Crippen LogP contribution < -0.4 is 11.1 Å². The number of nitrogens with one attached hydrogen (secondary N) is 2. The standard InChI is InChI=1S/C12H14N4O/c1-7-3-4-9(8(2)5-7)12(17)15-11-10(13)6-14-16-11/h3-6H,13H2,1-2H3,(H2,14,15,16,17). The van der Waals surface area contributed by atoms with E-state index in [1.54, 1.807) is 6.07 Å². The summed E-state index contributed by atoms with van der Waals surface area (Å²) >= 11 is 0. The molecule has 0 spiro atoms. The van der Waals surface area contributed by atoms with E-state index in [0.717, 1.165) is 11.1 Å². The Labute approximate surface area is 99.0 Å². The van der Waals surface area contributed by atoms with E-state index in [1.165, 1.54) is 6.20 Å². The number of aromatic nitrogens is 2. The molecule has 4 N–H and O–H groups in total. The van der Waals surface area contributed by atoms with Gasteiger partial charge in [0.05, 0.1) is 11.9 Å². The molecule has 88 valence electrons. The minimum absolute atomic E-state index is 0.196. The Morgan fingerprint density at radius 2 is 2.18 bits per heavy atom. The predicted octanol–water partition coefficient (Wildman–Crippen LogP) is 1.86. The van der Waals surface area contributed by atoms with E-state index in [2.05, 4.69) is 15.5 Å². The van der Waals surface area contributed by atoms with Gasteiger partial charge in [-0.05, 0) is 25.5 Å². The number of anilines is 2. The van der Waals surface area contributed by atoms with Gasteiger partial charge in [-0.15, -0.1) is 0 Å². The molecule has 0 radical (unpaired) electrons. The number of carbonyl (C=O) groups excluding carboxylic acids is 1. The predicted molar refractivity (Wildman–Crippen MR) is 66.9 cm³/mol. The van der Waals surface area contributed by atoms with E-state index in [-0.39, 0.29) is 5.91 Å². The van der Waals surface area contributed by atoms with Crippen molar-refractivity contribution < 1.29 is 4.79 Å². The number of hydrogen-bond donors (Lipinski definition) is 3. The molecule has 17 heavy (non-hydrogen) atoms. The first kappa shape index (κ1) is 11.2. The van der Waals surface area contributed by atoms with Crippen LogP contribution in [-0.4, -0.2) is 16.1 Å². The van der Waals surface area contributed by atoms with Crippen molar-refractivity contribution in [3.8, 4) is 0 Å². The molecule has 5 nitrogen and oxygen atoms in total. The normalized spacial score (nSPS) is 10.2. The first-order valence-corrected chi connectivity index (χ1v) is 5.25. The van der Waals surface area contributed by atoms with Crippen molar-refractivity contribution in [3.63, 3.8) is 0 Å². The molecule has 0 aliphatic heterocycles. The molecule has 5 heteroatoms. The van der Waals surface area contributed by atoms with Crippen LogP contribution in [0, 0.1) is 13.8 Å². The van der Waals surface area contributed by atoms with Crippen LogP contribution in [0.25, 0.3) is 0 Å². The van der Waals surface area contributed by atoms with Crippen molar-refractivity contribution in [2.75, 3.05) is 11.1 Å². The molecule has 0 bridgehead atoms. The van der Waals surface area contributed by atoms with Gasteiger partial charge in [0.15, 0.2) is 5.82 Å². The topological polar surface area (TPSA) is 83.8 Å². The minimum Gasteiger partial charge on any atom is -0.394 e. The molecule has 0 fully saturated rings. The molecule has 2 aromatic rings. The lowest BCUT2D eigenvalue weighted by molar-refractivity contribution is 0.102. The van der Waals surface area contributed by atoms with Crippen LogP contribution in [0.3, 0.4) is 0 Å². The highest BCUT2D eigenvalue weighted by Crippen LogP contribution is 2.16. The van der Waals surface area contributed by atoms with Crippen molar-refractivity contribution in [1.29, 1.82) is 0 Å². The lowest BCUT2D eigenvalue weighted by Crippen LogP contribution is -2.14. The highest BCUT2D eigenvalue weighted by atomic mass is 16.1. The highest BCUT2D eigenvalue weighted by Gasteiger charge is 2.11. The van der Waals surface area contributed by atoms with Crippen LogP contribution in [-0.2, 0) is 0 Å². The van der Waals surface area contributed by atoms with Crippen molar-refractivity contribution >= 4 is 17.4 Å². The van der Waals surface area contributed by atoms with Gasteiger partial charge in [-0.25, -0.2) is 0 Å². The Morgan fingerprint density at radius 3 is 2.76 bits per heavy atom. The summed E-state index contributed by atoms with van der Waals surface area (Å²) in [6, 6.07) is 5.66. The Balaban J connectivity index is 2.23. The molecular formula is C12H14N4O. The van der Waals surface area contributed by atoms with E-state index in [1.807, 2.05) is 26.0 Å². The number of rotatable bonds is 2. The molecule has 0 saturated heterocycles. The summed E-state index contributed by atoms with van der Waals surface area (Å²) in [5, 5.41) is 9.06. The smallest absolute Gasteiger partial charge is 0.257 e. The number of aryl methyl sites for hydroxylation is 2. The lowest BCUT2D eigenvalue weighted by atomic mass is 10.1. The summed E-state index contributed by atoms with van der Waals surface area (Å²) in [7, 11) is 0. The fraction of sp³-hybridized carbons (Fsp3) is 0.167. The molecule has 1 aromatic heterocycles. The van der Waals surface area contributed by atoms with Gasteiger partial charge < -0.3 is 11.1 Å². The highest BCUT2D eigenvalue weighted by molar-refractivity contribution is 6.05. The number of aromatic amines is 1. The molecule has 0 saturated carbocycles. The monoisotopic (exact) mass is 230 g/mol. The second-order valence-electron chi connectivity index (χ2n) is 3.97. The summed E-state index contributed by atoms with van der Waals surface area (Å²) in [5.41, 5.74) is 8.73. The second kappa shape index (κ2) is 4.29. The van der Waals surface area contributed by atoms with Crippen LogP contribution in [0.15, 0.2) is 24.4 Å². The third-order valence-corrected chi connectivity index (χ3v) is 2.53. The molecule has 0 aliphatic carbocycles. The molecule has 0 unspecified atom stereocenters. The zero-order chi connectivity index (χ0) is 12.4. The quantitative estimate of drug-likeness (QED) is 0.736. The third kappa shape index (κ3) is 2.28. The fourth-order valence-electron chi connectivity index (χ4n) is 1.64. The van der Waals surface area contributed by atoms with Crippen LogP contribution in [0.5, 0.6) is 0 Å². The number of amides is 1. The lowest BCUT2D eigenvalue weighted by Gasteiger charge is -2.07. The number of H-pyrrole nitrogens is 1. The summed E-state index contributed by atoms with van der Waals surface area (Å²) in [6.45, 7) is 3.89. The van der Waals surface area contributed by atoms with E-state index in [0.29, 0.717) is 17.1 Å². The summed E-state index contributed by atoms with van der Waals surface area (Å²) in [6.07, 6.45) is 1.46. The van der Waals surface area contributed by atoms with E-state index in [9.17, 15) is 4.79 Å². The molecular weight excluding hydrogens is 216 g/mol. The second-order valence-corrected chi connectivity index (χ2v) is 3.97. The van der Waals surface area contributed by atoms with Gasteiger partial charge in [0.25, 0.3) is 5.91 Å². The SMILES string of the molecule is Cc1ccc(C(=O)Nc2[nH]ncc2N)c(C)c1. The number of nitrogens with zero attached hydrogens (tertiary/aromatic N) is 1. The van der Waals surface area contributed by atoms with E-state index < -0.39 is 0 Å². The largest absolute Gasteiger partial charge is 0.394 e. The van der Waals surface area contributed by atoms with E-state index in [4.69, 9.17) is 5.73 Å². The summed E-state index contributed by atoms with van der Waals surface area (Å²) in [4.78, 5) is 12.0.